The van der Waals surface area contributed by atoms with E-state index in [-0.39, 0.29) is 23.1 Å². The Kier molecular flexibility index (Phi) is 10.3. The molecule has 0 amide bonds. The molecule has 8 heteroatoms. The van der Waals surface area contributed by atoms with E-state index in [1.165, 1.54) is 0 Å². The Morgan fingerprint density at radius 1 is 1.11 bits per heavy atom. The molecule has 3 aromatic rings. The number of nitrogens with zero attached hydrogens (tertiary/aromatic N) is 2. The third kappa shape index (κ3) is 7.46. The van der Waals surface area contributed by atoms with E-state index in [9.17, 15) is 14.7 Å². The Morgan fingerprint density at radius 3 is 2.43 bits per heavy atom. The second-order valence-corrected chi connectivity index (χ2v) is 10.0. The molecule has 2 N–H and O–H groups in total. The first kappa shape index (κ1) is 28.5. The van der Waals surface area contributed by atoms with E-state index in [2.05, 4.69) is 38.7 Å². The van der Waals surface area contributed by atoms with Crippen molar-refractivity contribution >= 4 is 24.4 Å². The number of Topliss-reactive ketones (excluding diaryl/α,β-unsaturated/α-hetero) is 1. The lowest BCUT2D eigenvalue weighted by Gasteiger charge is -2.15. The van der Waals surface area contributed by atoms with Crippen molar-refractivity contribution < 1.29 is 19.4 Å². The normalized spacial score (nSPS) is 12.1. The molecule has 1 aromatic heterocycles. The van der Waals surface area contributed by atoms with Crippen LogP contribution in [0.3, 0.4) is 0 Å². The average molecular weight is 524 g/mol. The van der Waals surface area contributed by atoms with Crippen molar-refractivity contribution in [1.29, 1.82) is 0 Å². The van der Waals surface area contributed by atoms with Crippen molar-refractivity contribution in [2.24, 2.45) is 5.92 Å². The number of carboxylic acids is 1. The number of benzene rings is 2. The summed E-state index contributed by atoms with van der Waals surface area (Å²) in [7, 11) is 0. The van der Waals surface area contributed by atoms with Crippen LogP contribution < -0.4 is 10.1 Å². The summed E-state index contributed by atoms with van der Waals surface area (Å²) in [5, 5.41) is 12.5. The molecule has 2 aromatic carbocycles. The van der Waals surface area contributed by atoms with Crippen LogP contribution in [0.1, 0.15) is 61.4 Å². The predicted octanol–water partition coefficient (Wildman–Crippen LogP) is 5.26. The predicted molar refractivity (Wildman–Crippen MR) is 150 cm³/mol. The number of aromatic carboxylic acids is 1. The third-order valence-corrected chi connectivity index (χ3v) is 6.65. The van der Waals surface area contributed by atoms with Crippen LogP contribution in [0.4, 0.5) is 0 Å². The number of hydrogen-bond donors (Lipinski definition) is 3. The summed E-state index contributed by atoms with van der Waals surface area (Å²) in [5.74, 6) is -0.448. The van der Waals surface area contributed by atoms with Gasteiger partial charge in [-0.1, -0.05) is 63.2 Å². The lowest BCUT2D eigenvalue weighted by atomic mass is 9.99. The van der Waals surface area contributed by atoms with Gasteiger partial charge in [-0.25, -0.2) is 4.79 Å². The van der Waals surface area contributed by atoms with Gasteiger partial charge in [-0.15, -0.1) is 0 Å². The zero-order valence-corrected chi connectivity index (χ0v) is 22.9. The number of hydrogen-bond acceptors (Lipinski definition) is 6. The summed E-state index contributed by atoms with van der Waals surface area (Å²) in [6.45, 7) is 9.92. The van der Waals surface area contributed by atoms with Crippen molar-refractivity contribution in [3.8, 4) is 17.1 Å². The quantitative estimate of drug-likeness (QED) is 0.250. The fraction of sp³-hybridized carbons (Fsp3) is 0.414. The molecule has 0 aliphatic heterocycles. The van der Waals surface area contributed by atoms with Crippen LogP contribution in [0.15, 0.2) is 48.5 Å². The van der Waals surface area contributed by atoms with Crippen LogP contribution in [-0.4, -0.2) is 44.8 Å². The Hall–Kier alpha value is -3.10. The minimum atomic E-state index is -0.949. The summed E-state index contributed by atoms with van der Waals surface area (Å²) >= 11 is 4.47. The minimum absolute atomic E-state index is 0.0865. The molecule has 0 fully saturated rings. The zero-order chi connectivity index (χ0) is 26.9. The number of ketones is 1. The monoisotopic (exact) mass is 523 g/mol. The smallest absolute Gasteiger partial charge is 0.336 e. The maximum Gasteiger partial charge on any atom is 0.336 e. The fourth-order valence-electron chi connectivity index (χ4n) is 4.29. The molecule has 0 saturated heterocycles. The van der Waals surface area contributed by atoms with E-state index in [1.54, 1.807) is 12.1 Å². The highest BCUT2D eigenvalue weighted by Gasteiger charge is 2.20. The highest BCUT2D eigenvalue weighted by Crippen LogP contribution is 2.26. The Morgan fingerprint density at radius 2 is 1.81 bits per heavy atom. The number of aromatic nitrogens is 2. The zero-order valence-electron chi connectivity index (χ0n) is 22.0. The largest absolute Gasteiger partial charge is 0.478 e. The third-order valence-electron chi connectivity index (χ3n) is 6.15. The first-order valence-corrected chi connectivity index (χ1v) is 13.3. The van der Waals surface area contributed by atoms with Gasteiger partial charge in [-0.05, 0) is 48.4 Å². The van der Waals surface area contributed by atoms with Gasteiger partial charge < -0.3 is 15.2 Å². The highest BCUT2D eigenvalue weighted by atomic mass is 32.1. The van der Waals surface area contributed by atoms with Crippen molar-refractivity contribution in [2.45, 2.75) is 58.9 Å². The lowest BCUT2D eigenvalue weighted by Crippen LogP contribution is -2.30. The maximum absolute atomic E-state index is 12.5. The van der Waals surface area contributed by atoms with Crippen molar-refractivity contribution in [2.75, 3.05) is 13.2 Å². The maximum atomic E-state index is 12.5. The number of imidazole rings is 1. The van der Waals surface area contributed by atoms with Crippen LogP contribution in [0.5, 0.6) is 6.01 Å². The van der Waals surface area contributed by atoms with Gasteiger partial charge in [0.25, 0.3) is 6.01 Å². The molecular weight excluding hydrogens is 486 g/mol. The number of carbonyl (C=O) groups excluding carboxylic acids is 1. The molecule has 0 aliphatic carbocycles. The van der Waals surface area contributed by atoms with Gasteiger partial charge in [-0.3, -0.25) is 9.36 Å². The number of carboxylic acid groups (broad SMARTS) is 1. The number of aryl methyl sites for hydroxylation is 1. The number of thiol groups is 1. The molecule has 0 aliphatic rings. The topological polar surface area (TPSA) is 93.5 Å². The molecule has 0 spiro atoms. The highest BCUT2D eigenvalue weighted by molar-refractivity contribution is 7.81. The van der Waals surface area contributed by atoms with Crippen molar-refractivity contribution in [3.63, 3.8) is 0 Å². The van der Waals surface area contributed by atoms with E-state index in [0.717, 1.165) is 35.4 Å². The van der Waals surface area contributed by atoms with Gasteiger partial charge >= 0.3 is 5.97 Å². The number of rotatable bonds is 14. The van der Waals surface area contributed by atoms with Crippen LogP contribution in [0.25, 0.3) is 11.1 Å². The number of carbonyl (C=O) groups is 2. The molecule has 7 nitrogen and oxygen atoms in total. The van der Waals surface area contributed by atoms with E-state index >= 15 is 0 Å². The molecule has 1 heterocycles. The Balaban J connectivity index is 1.81. The first-order valence-electron chi connectivity index (χ1n) is 12.8. The van der Waals surface area contributed by atoms with Gasteiger partial charge in [0, 0.05) is 6.54 Å². The number of nitrogens with one attached hydrogen (secondary N) is 1. The molecular formula is C29H37N3O4S. The average Bonchev–Trinajstić information content (AvgIpc) is 3.20. The van der Waals surface area contributed by atoms with Crippen molar-refractivity contribution in [1.82, 2.24) is 14.9 Å². The molecule has 0 saturated carbocycles. The standard InChI is InChI=1S/C29H37N3O4S/c1-5-24-25(16-30-17-26(33)27(37)15-19(3)4)32(29(31-24)36-6-2)18-20-11-13-21(14-12-20)22-9-7-8-10-23(22)28(34)35/h7-14,19,27,30,37H,5-6,15-18H2,1-4H3,(H,34,35)/t27-/m0/s1. The van der Waals surface area contributed by atoms with Crippen LogP contribution in [-0.2, 0) is 24.3 Å². The molecule has 37 heavy (non-hydrogen) atoms. The molecule has 0 bridgehead atoms. The summed E-state index contributed by atoms with van der Waals surface area (Å²) < 4.78 is 7.90. The van der Waals surface area contributed by atoms with E-state index < -0.39 is 5.97 Å². The molecule has 3 rings (SSSR count). The SMILES string of the molecule is CCOc1nc(CC)c(CNCC(=O)[C@@H](S)CC(C)C)n1Cc1ccc(-c2ccccc2C(=O)O)cc1. The lowest BCUT2D eigenvalue weighted by molar-refractivity contribution is -0.118. The van der Waals surface area contributed by atoms with Crippen LogP contribution in [0, 0.1) is 5.92 Å². The minimum Gasteiger partial charge on any atom is -0.478 e. The second kappa shape index (κ2) is 13.4. The van der Waals surface area contributed by atoms with Gasteiger partial charge in [0.05, 0.1) is 41.9 Å². The molecule has 198 valence electrons. The summed E-state index contributed by atoms with van der Waals surface area (Å²) in [6, 6.07) is 15.4. The van der Waals surface area contributed by atoms with Gasteiger partial charge in [0.1, 0.15) is 0 Å². The van der Waals surface area contributed by atoms with Gasteiger partial charge in [0.15, 0.2) is 5.78 Å². The number of ether oxygens (including phenoxy) is 1. The van der Waals surface area contributed by atoms with E-state index in [4.69, 9.17) is 9.72 Å². The molecule has 0 radical (unpaired) electrons. The Bertz CT molecular complexity index is 1200. The van der Waals surface area contributed by atoms with Crippen molar-refractivity contribution in [3.05, 3.63) is 71.0 Å². The van der Waals surface area contributed by atoms with E-state index in [1.807, 2.05) is 47.9 Å². The second-order valence-electron chi connectivity index (χ2n) is 9.42. The van der Waals surface area contributed by atoms with Gasteiger partial charge in [-0.2, -0.15) is 17.6 Å². The van der Waals surface area contributed by atoms with E-state index in [0.29, 0.717) is 37.2 Å². The fourth-order valence-corrected chi connectivity index (χ4v) is 4.80. The van der Waals surface area contributed by atoms with Gasteiger partial charge in [0.2, 0.25) is 0 Å². The summed E-state index contributed by atoms with van der Waals surface area (Å²) in [5.41, 5.74) is 4.74. The summed E-state index contributed by atoms with van der Waals surface area (Å²) in [6.07, 6.45) is 1.49. The Labute approximate surface area is 224 Å². The van der Waals surface area contributed by atoms with Crippen LogP contribution in [0.2, 0.25) is 0 Å². The van der Waals surface area contributed by atoms with Crippen LogP contribution >= 0.6 is 12.6 Å². The molecule has 1 atom stereocenters. The summed E-state index contributed by atoms with van der Waals surface area (Å²) in [4.78, 5) is 28.8. The molecule has 0 unspecified atom stereocenters. The first-order chi connectivity index (χ1) is 17.7.